The maximum absolute atomic E-state index is 14.7. The molecule has 3 aromatic carbocycles. The molecule has 0 radical (unpaired) electrons. The summed E-state index contributed by atoms with van der Waals surface area (Å²) in [6.07, 6.45) is -5.89. The van der Waals surface area contributed by atoms with Gasteiger partial charge >= 0.3 is 6.18 Å². The van der Waals surface area contributed by atoms with E-state index in [2.05, 4.69) is 5.32 Å². The molecule has 0 aliphatic carbocycles. The number of ether oxygens (including phenoxy) is 1. The van der Waals surface area contributed by atoms with Crippen LogP contribution in [0.4, 0.5) is 28.9 Å². The number of hydrogen-bond acceptors (Lipinski definition) is 4. The van der Waals surface area contributed by atoms with Gasteiger partial charge in [-0.2, -0.15) is 13.2 Å². The maximum Gasteiger partial charge on any atom is 0.416 e. The second-order valence-corrected chi connectivity index (χ2v) is 8.85. The van der Waals surface area contributed by atoms with E-state index in [9.17, 15) is 27.2 Å². The Hall–Kier alpha value is -3.92. The Morgan fingerprint density at radius 2 is 1.73 bits per heavy atom. The van der Waals surface area contributed by atoms with E-state index in [1.165, 1.54) is 36.1 Å². The highest BCUT2D eigenvalue weighted by atomic mass is 19.4. The first-order valence-corrected chi connectivity index (χ1v) is 11.5. The van der Waals surface area contributed by atoms with Crippen LogP contribution >= 0.6 is 0 Å². The number of aryl methyl sites for hydroxylation is 2. The van der Waals surface area contributed by atoms with Gasteiger partial charge in [0.25, 0.3) is 11.8 Å². The summed E-state index contributed by atoms with van der Waals surface area (Å²) in [5.41, 5.74) is 6.11. The SMILES string of the molecule is Cc1ccc(NC(=O)[C@@H]2OCCN(C(=O)c3c(C)cccc3F)[C@@H]2c2ccc(N)cc2)cc1C(F)(F)F. The zero-order valence-corrected chi connectivity index (χ0v) is 20.1. The summed E-state index contributed by atoms with van der Waals surface area (Å²) in [5, 5.41) is 2.48. The lowest BCUT2D eigenvalue weighted by Gasteiger charge is -2.41. The third-order valence-electron chi connectivity index (χ3n) is 6.30. The summed E-state index contributed by atoms with van der Waals surface area (Å²) < 4.78 is 60.6. The Kier molecular flexibility index (Phi) is 7.22. The molecular formula is C27H25F4N3O3. The molecule has 194 valence electrons. The van der Waals surface area contributed by atoms with Gasteiger partial charge in [0, 0.05) is 17.9 Å². The van der Waals surface area contributed by atoms with E-state index in [0.29, 0.717) is 16.8 Å². The number of hydrogen-bond donors (Lipinski definition) is 2. The lowest BCUT2D eigenvalue weighted by atomic mass is 9.95. The van der Waals surface area contributed by atoms with Crippen LogP contribution in [0.3, 0.4) is 0 Å². The van der Waals surface area contributed by atoms with E-state index < -0.39 is 41.5 Å². The Bertz CT molecular complexity index is 1310. The van der Waals surface area contributed by atoms with Crippen molar-refractivity contribution in [2.45, 2.75) is 32.2 Å². The zero-order chi connectivity index (χ0) is 26.9. The molecule has 2 atom stereocenters. The highest BCUT2D eigenvalue weighted by Crippen LogP contribution is 2.35. The first-order valence-electron chi connectivity index (χ1n) is 11.5. The van der Waals surface area contributed by atoms with Gasteiger partial charge in [-0.25, -0.2) is 4.39 Å². The highest BCUT2D eigenvalue weighted by molar-refractivity contribution is 5.99. The number of amides is 2. The van der Waals surface area contributed by atoms with Crippen molar-refractivity contribution >= 4 is 23.2 Å². The van der Waals surface area contributed by atoms with Crippen LogP contribution in [-0.2, 0) is 15.7 Å². The Morgan fingerprint density at radius 3 is 2.38 bits per heavy atom. The van der Waals surface area contributed by atoms with Gasteiger partial charge in [0.1, 0.15) is 5.82 Å². The fourth-order valence-electron chi connectivity index (χ4n) is 4.43. The standard InChI is InChI=1S/C27H25F4N3O3/c1-15-6-11-19(14-20(15)27(29,30)31)33-25(35)24-23(17-7-9-18(32)10-8-17)34(12-13-37-24)26(36)22-16(2)4-3-5-21(22)28/h3-11,14,23-24H,12-13,32H2,1-2H3,(H,33,35)/t23-,24-/m1/s1. The van der Waals surface area contributed by atoms with Gasteiger partial charge < -0.3 is 20.7 Å². The first kappa shape index (κ1) is 26.2. The third kappa shape index (κ3) is 5.43. The minimum absolute atomic E-state index is 0.0104. The smallest absolute Gasteiger partial charge is 0.399 e. The number of nitrogens with zero attached hydrogens (tertiary/aromatic N) is 1. The van der Waals surface area contributed by atoms with Crippen LogP contribution < -0.4 is 11.1 Å². The molecule has 0 spiro atoms. The van der Waals surface area contributed by atoms with E-state index in [1.807, 2.05) is 0 Å². The maximum atomic E-state index is 14.7. The quantitative estimate of drug-likeness (QED) is 0.367. The highest BCUT2D eigenvalue weighted by Gasteiger charge is 2.42. The number of morpholine rings is 1. The molecule has 4 rings (SSSR count). The molecule has 1 heterocycles. The van der Waals surface area contributed by atoms with Crippen LogP contribution in [0.25, 0.3) is 0 Å². The van der Waals surface area contributed by atoms with Crippen molar-refractivity contribution in [2.75, 3.05) is 24.2 Å². The molecule has 0 bridgehead atoms. The van der Waals surface area contributed by atoms with E-state index in [-0.39, 0.29) is 30.0 Å². The van der Waals surface area contributed by atoms with Gasteiger partial charge in [0.15, 0.2) is 6.10 Å². The molecule has 2 amide bonds. The predicted molar refractivity (Wildman–Crippen MR) is 130 cm³/mol. The van der Waals surface area contributed by atoms with Crippen molar-refractivity contribution in [3.05, 3.63) is 94.3 Å². The topological polar surface area (TPSA) is 84.7 Å². The molecule has 1 fully saturated rings. The van der Waals surface area contributed by atoms with Crippen molar-refractivity contribution in [1.29, 1.82) is 0 Å². The Labute approximate surface area is 211 Å². The molecule has 1 aliphatic heterocycles. The van der Waals surface area contributed by atoms with Crippen LogP contribution in [-0.4, -0.2) is 36.0 Å². The van der Waals surface area contributed by atoms with Gasteiger partial charge in [0.05, 0.1) is 23.8 Å². The molecule has 1 saturated heterocycles. The number of anilines is 2. The summed E-state index contributed by atoms with van der Waals surface area (Å²) in [4.78, 5) is 28.3. The number of carbonyl (C=O) groups is 2. The largest absolute Gasteiger partial charge is 0.416 e. The predicted octanol–water partition coefficient (Wildman–Crippen LogP) is 5.26. The Morgan fingerprint density at radius 1 is 1.03 bits per heavy atom. The number of nitrogens with two attached hydrogens (primary N) is 1. The molecule has 0 saturated carbocycles. The number of carbonyl (C=O) groups excluding carboxylic acids is 2. The number of benzene rings is 3. The molecular weight excluding hydrogens is 490 g/mol. The van der Waals surface area contributed by atoms with Gasteiger partial charge in [-0.15, -0.1) is 0 Å². The number of alkyl halides is 3. The fraction of sp³-hybridized carbons (Fsp3) is 0.259. The lowest BCUT2D eigenvalue weighted by molar-refractivity contribution is -0.139. The van der Waals surface area contributed by atoms with Crippen LogP contribution in [0, 0.1) is 19.7 Å². The molecule has 1 aliphatic rings. The van der Waals surface area contributed by atoms with Crippen LogP contribution in [0.5, 0.6) is 0 Å². The number of halogens is 4. The summed E-state index contributed by atoms with van der Waals surface area (Å²) in [7, 11) is 0. The average molecular weight is 516 g/mol. The monoisotopic (exact) mass is 515 g/mol. The second kappa shape index (κ2) is 10.2. The van der Waals surface area contributed by atoms with Crippen molar-refractivity contribution < 1.29 is 31.9 Å². The van der Waals surface area contributed by atoms with Crippen molar-refractivity contribution in [1.82, 2.24) is 4.90 Å². The van der Waals surface area contributed by atoms with Crippen molar-refractivity contribution in [3.8, 4) is 0 Å². The van der Waals surface area contributed by atoms with Crippen LogP contribution in [0.1, 0.15) is 38.7 Å². The van der Waals surface area contributed by atoms with Crippen LogP contribution in [0.2, 0.25) is 0 Å². The Balaban J connectivity index is 1.71. The summed E-state index contributed by atoms with van der Waals surface area (Å²) in [6, 6.07) is 13.2. The fourth-order valence-corrected chi connectivity index (χ4v) is 4.43. The summed E-state index contributed by atoms with van der Waals surface area (Å²) in [5.74, 6) is -2.08. The third-order valence-corrected chi connectivity index (χ3v) is 6.30. The van der Waals surface area contributed by atoms with Crippen molar-refractivity contribution in [3.63, 3.8) is 0 Å². The molecule has 10 heteroatoms. The van der Waals surface area contributed by atoms with Gasteiger partial charge in [-0.1, -0.05) is 30.3 Å². The normalized spacial score (nSPS) is 17.9. The summed E-state index contributed by atoms with van der Waals surface area (Å²) in [6.45, 7) is 2.96. The van der Waals surface area contributed by atoms with Crippen molar-refractivity contribution in [2.24, 2.45) is 0 Å². The molecule has 0 unspecified atom stereocenters. The lowest BCUT2D eigenvalue weighted by Crippen LogP contribution is -2.52. The molecule has 37 heavy (non-hydrogen) atoms. The van der Waals surface area contributed by atoms with E-state index in [0.717, 1.165) is 6.07 Å². The number of rotatable bonds is 4. The second-order valence-electron chi connectivity index (χ2n) is 8.85. The molecule has 3 aromatic rings. The van der Waals surface area contributed by atoms with E-state index >= 15 is 0 Å². The number of nitrogen functional groups attached to an aromatic ring is 1. The first-order chi connectivity index (χ1) is 17.5. The zero-order valence-electron chi connectivity index (χ0n) is 20.1. The van der Waals surface area contributed by atoms with Gasteiger partial charge in [0.2, 0.25) is 0 Å². The minimum atomic E-state index is -4.60. The van der Waals surface area contributed by atoms with E-state index in [4.69, 9.17) is 10.5 Å². The molecule has 3 N–H and O–H groups in total. The molecule has 0 aromatic heterocycles. The summed E-state index contributed by atoms with van der Waals surface area (Å²) >= 11 is 0. The number of nitrogens with one attached hydrogen (secondary N) is 1. The van der Waals surface area contributed by atoms with E-state index in [1.54, 1.807) is 37.3 Å². The average Bonchev–Trinajstić information content (AvgIpc) is 2.84. The molecule has 6 nitrogen and oxygen atoms in total. The minimum Gasteiger partial charge on any atom is -0.399 e. The van der Waals surface area contributed by atoms with Crippen LogP contribution in [0.15, 0.2) is 60.7 Å². The van der Waals surface area contributed by atoms with Gasteiger partial charge in [-0.05, 0) is 60.9 Å². The van der Waals surface area contributed by atoms with Gasteiger partial charge in [-0.3, -0.25) is 9.59 Å².